The third-order valence-electron chi connectivity index (χ3n) is 2.28. The van der Waals surface area contributed by atoms with Crippen LogP contribution in [0.25, 0.3) is 0 Å². The van der Waals surface area contributed by atoms with E-state index in [4.69, 9.17) is 16.9 Å². The second-order valence-electron chi connectivity index (χ2n) is 3.94. The molecule has 16 heavy (non-hydrogen) atoms. The molecule has 2 nitrogen and oxygen atoms in total. The van der Waals surface area contributed by atoms with Crippen molar-refractivity contribution in [2.75, 3.05) is 13.6 Å². The fraction of sp³-hybridized carbons (Fsp3) is 0.417. The summed E-state index contributed by atoms with van der Waals surface area (Å²) in [6, 6.07) is 6.92. The minimum absolute atomic E-state index is 0.0441. The van der Waals surface area contributed by atoms with E-state index >= 15 is 0 Å². The Labute approximate surface area is 100 Å². The smallest absolute Gasteiger partial charge is 0.142 e. The van der Waals surface area contributed by atoms with Gasteiger partial charge in [0.1, 0.15) is 5.82 Å². The molecule has 0 heterocycles. The quantitative estimate of drug-likeness (QED) is 0.809. The lowest BCUT2D eigenvalue weighted by atomic mass is 10.1. The standard InChI is InChI=1S/C12H14ClFN2/c1-9(6-15)7-16(2)8-10-4-3-5-11(14)12(10)13/h3-5,9H,7-8H2,1-2H3. The van der Waals surface area contributed by atoms with Crippen molar-refractivity contribution >= 4 is 11.6 Å². The molecule has 86 valence electrons. The van der Waals surface area contributed by atoms with Crippen LogP contribution in [-0.4, -0.2) is 18.5 Å². The Kier molecular flexibility index (Phi) is 4.72. The number of nitriles is 1. The summed E-state index contributed by atoms with van der Waals surface area (Å²) in [7, 11) is 1.88. The number of hydrogen-bond acceptors (Lipinski definition) is 2. The SMILES string of the molecule is CC(C#N)CN(C)Cc1cccc(F)c1Cl. The summed E-state index contributed by atoms with van der Waals surface area (Å²) < 4.78 is 13.2. The fourth-order valence-electron chi connectivity index (χ4n) is 1.53. The summed E-state index contributed by atoms with van der Waals surface area (Å²) in [5, 5.41) is 8.85. The number of rotatable bonds is 4. The Morgan fingerprint density at radius 2 is 2.25 bits per heavy atom. The molecule has 0 N–H and O–H groups in total. The van der Waals surface area contributed by atoms with Gasteiger partial charge >= 0.3 is 0 Å². The van der Waals surface area contributed by atoms with Crippen LogP contribution in [0.5, 0.6) is 0 Å². The molecule has 0 bridgehead atoms. The zero-order chi connectivity index (χ0) is 12.1. The molecule has 1 aromatic rings. The molecule has 0 amide bonds. The predicted molar refractivity (Wildman–Crippen MR) is 62.5 cm³/mol. The Morgan fingerprint density at radius 1 is 1.56 bits per heavy atom. The second kappa shape index (κ2) is 5.83. The maximum Gasteiger partial charge on any atom is 0.142 e. The summed E-state index contributed by atoms with van der Waals surface area (Å²) in [6.45, 7) is 3.04. The van der Waals surface area contributed by atoms with Gasteiger partial charge in [-0.25, -0.2) is 4.39 Å². The van der Waals surface area contributed by atoms with Gasteiger partial charge in [-0.2, -0.15) is 5.26 Å². The van der Waals surface area contributed by atoms with Gasteiger partial charge in [0.15, 0.2) is 0 Å². The zero-order valence-corrected chi connectivity index (χ0v) is 10.1. The summed E-state index contributed by atoms with van der Waals surface area (Å²) in [5.41, 5.74) is 0.745. The van der Waals surface area contributed by atoms with E-state index in [1.165, 1.54) is 6.07 Å². The molecule has 1 aromatic carbocycles. The van der Waals surface area contributed by atoms with Crippen molar-refractivity contribution in [1.29, 1.82) is 5.26 Å². The zero-order valence-electron chi connectivity index (χ0n) is 9.37. The highest BCUT2D eigenvalue weighted by Crippen LogP contribution is 2.20. The molecule has 0 aliphatic carbocycles. The van der Waals surface area contributed by atoms with Crippen molar-refractivity contribution in [3.8, 4) is 6.07 Å². The number of benzene rings is 1. The minimum atomic E-state index is -0.402. The Balaban J connectivity index is 2.67. The van der Waals surface area contributed by atoms with Crippen LogP contribution >= 0.6 is 11.6 Å². The van der Waals surface area contributed by atoms with Gasteiger partial charge in [0.05, 0.1) is 17.0 Å². The van der Waals surface area contributed by atoms with Crippen molar-refractivity contribution in [1.82, 2.24) is 4.90 Å². The van der Waals surface area contributed by atoms with Gasteiger partial charge in [-0.05, 0) is 25.6 Å². The molecular weight excluding hydrogens is 227 g/mol. The molecule has 0 saturated carbocycles. The minimum Gasteiger partial charge on any atom is -0.301 e. The molecule has 1 unspecified atom stereocenters. The van der Waals surface area contributed by atoms with Crippen LogP contribution in [0.4, 0.5) is 4.39 Å². The number of halogens is 2. The molecule has 0 spiro atoms. The van der Waals surface area contributed by atoms with Crippen LogP contribution in [0.15, 0.2) is 18.2 Å². The first-order valence-corrected chi connectivity index (χ1v) is 5.43. The van der Waals surface area contributed by atoms with Crippen molar-refractivity contribution < 1.29 is 4.39 Å². The van der Waals surface area contributed by atoms with E-state index in [-0.39, 0.29) is 10.9 Å². The highest BCUT2D eigenvalue weighted by molar-refractivity contribution is 6.31. The Morgan fingerprint density at radius 3 is 2.88 bits per heavy atom. The Hall–Kier alpha value is -1.11. The first kappa shape index (κ1) is 13.0. The summed E-state index contributed by atoms with van der Waals surface area (Å²) in [5.74, 6) is -0.446. The summed E-state index contributed by atoms with van der Waals surface area (Å²) in [6.07, 6.45) is 0. The largest absolute Gasteiger partial charge is 0.301 e. The van der Waals surface area contributed by atoms with Crippen molar-refractivity contribution in [2.24, 2.45) is 5.92 Å². The van der Waals surface area contributed by atoms with Crippen LogP contribution in [0.1, 0.15) is 12.5 Å². The molecular formula is C12H14ClFN2. The molecule has 0 aliphatic heterocycles. The van der Waals surface area contributed by atoms with Gasteiger partial charge < -0.3 is 4.90 Å². The number of nitrogens with zero attached hydrogens (tertiary/aromatic N) is 2. The van der Waals surface area contributed by atoms with Crippen LogP contribution < -0.4 is 0 Å². The summed E-state index contributed by atoms with van der Waals surface area (Å²) >= 11 is 5.84. The predicted octanol–water partition coefficient (Wildman–Crippen LogP) is 3.07. The lowest BCUT2D eigenvalue weighted by Crippen LogP contribution is -2.23. The highest BCUT2D eigenvalue weighted by atomic mass is 35.5. The molecule has 0 saturated heterocycles. The van der Waals surface area contributed by atoms with Gasteiger partial charge in [-0.1, -0.05) is 23.7 Å². The molecule has 0 aromatic heterocycles. The van der Waals surface area contributed by atoms with E-state index in [0.29, 0.717) is 13.1 Å². The molecule has 1 atom stereocenters. The van der Waals surface area contributed by atoms with Crippen LogP contribution in [0, 0.1) is 23.1 Å². The van der Waals surface area contributed by atoms with Gasteiger partial charge in [-0.15, -0.1) is 0 Å². The van der Waals surface area contributed by atoms with Gasteiger partial charge in [0, 0.05) is 13.1 Å². The topological polar surface area (TPSA) is 27.0 Å². The van der Waals surface area contributed by atoms with Gasteiger partial charge in [0.25, 0.3) is 0 Å². The molecule has 4 heteroatoms. The van der Waals surface area contributed by atoms with E-state index in [1.54, 1.807) is 12.1 Å². The van der Waals surface area contributed by atoms with Gasteiger partial charge in [-0.3, -0.25) is 0 Å². The molecule has 0 radical (unpaired) electrons. The molecule has 0 fully saturated rings. The van der Waals surface area contributed by atoms with E-state index in [2.05, 4.69) is 6.07 Å². The first-order valence-electron chi connectivity index (χ1n) is 5.05. The van der Waals surface area contributed by atoms with Crippen molar-refractivity contribution in [3.05, 3.63) is 34.6 Å². The average molecular weight is 241 g/mol. The van der Waals surface area contributed by atoms with Crippen LogP contribution in [0.2, 0.25) is 5.02 Å². The van der Waals surface area contributed by atoms with Crippen molar-refractivity contribution in [3.63, 3.8) is 0 Å². The van der Waals surface area contributed by atoms with E-state index in [9.17, 15) is 4.39 Å². The summed E-state index contributed by atoms with van der Waals surface area (Å²) in [4.78, 5) is 1.95. The maximum absolute atomic E-state index is 13.2. The van der Waals surface area contributed by atoms with Crippen LogP contribution in [-0.2, 0) is 6.54 Å². The Bertz CT molecular complexity index is 400. The third-order valence-corrected chi connectivity index (χ3v) is 2.70. The molecule has 0 aliphatic rings. The average Bonchev–Trinajstić information content (AvgIpc) is 2.24. The lowest BCUT2D eigenvalue weighted by molar-refractivity contribution is 0.303. The van der Waals surface area contributed by atoms with E-state index < -0.39 is 5.82 Å². The lowest BCUT2D eigenvalue weighted by Gasteiger charge is -2.18. The maximum atomic E-state index is 13.2. The fourth-order valence-corrected chi connectivity index (χ4v) is 1.72. The van der Waals surface area contributed by atoms with E-state index in [0.717, 1.165) is 5.56 Å². The van der Waals surface area contributed by atoms with Crippen molar-refractivity contribution in [2.45, 2.75) is 13.5 Å². The molecule has 1 rings (SSSR count). The van der Waals surface area contributed by atoms with Crippen LogP contribution in [0.3, 0.4) is 0 Å². The monoisotopic (exact) mass is 240 g/mol. The number of hydrogen-bond donors (Lipinski definition) is 0. The second-order valence-corrected chi connectivity index (χ2v) is 4.32. The van der Waals surface area contributed by atoms with Gasteiger partial charge in [0.2, 0.25) is 0 Å². The van der Waals surface area contributed by atoms with E-state index in [1.807, 2.05) is 18.9 Å². The highest BCUT2D eigenvalue weighted by Gasteiger charge is 2.10. The first-order chi connectivity index (χ1) is 7.54. The normalized spacial score (nSPS) is 12.5. The third kappa shape index (κ3) is 3.48.